The molecule has 0 spiro atoms. The Kier molecular flexibility index (Phi) is 4.65. The van der Waals surface area contributed by atoms with Gasteiger partial charge in [0, 0.05) is 15.7 Å². The molecule has 0 atom stereocenters. The van der Waals surface area contributed by atoms with Crippen LogP contribution < -0.4 is 16.6 Å². The number of nitrogens with one attached hydrogen (secondary N) is 2. The van der Waals surface area contributed by atoms with Crippen molar-refractivity contribution < 1.29 is 4.79 Å². The summed E-state index contributed by atoms with van der Waals surface area (Å²) in [4.78, 5) is 12.3. The fourth-order valence-electron chi connectivity index (χ4n) is 2.19. The van der Waals surface area contributed by atoms with Crippen LogP contribution in [0.5, 0.6) is 0 Å². The number of nitrogens with two attached hydrogens (primary N) is 1. The Bertz CT molecular complexity index is 675. The van der Waals surface area contributed by atoms with Crippen LogP contribution in [0.1, 0.15) is 27.0 Å². The zero-order valence-electron chi connectivity index (χ0n) is 12.3. The summed E-state index contributed by atoms with van der Waals surface area (Å²) in [5.41, 5.74) is 7.89. The van der Waals surface area contributed by atoms with Crippen LogP contribution in [0.15, 0.2) is 34.8 Å². The summed E-state index contributed by atoms with van der Waals surface area (Å²) < 4.78 is 1.06. The molecule has 4 N–H and O–H groups in total. The number of amides is 1. The topological polar surface area (TPSA) is 67.2 Å². The number of halogens is 1. The maximum Gasteiger partial charge on any atom is 0.255 e. The summed E-state index contributed by atoms with van der Waals surface area (Å²) in [5.74, 6) is 5.26. The number of hydrazine groups is 1. The van der Waals surface area contributed by atoms with Crippen molar-refractivity contribution in [3.63, 3.8) is 0 Å². The molecule has 2 aromatic rings. The van der Waals surface area contributed by atoms with Gasteiger partial charge in [-0.15, -0.1) is 0 Å². The molecule has 0 fully saturated rings. The lowest BCUT2D eigenvalue weighted by Gasteiger charge is -2.11. The standard InChI is InChI=1S/C16H18BrN3O/c1-9-6-12(4-5-14(9)20-18)16(21)19-13-7-10(2)15(17)11(3)8-13/h4-8,20H,18H2,1-3H3,(H,19,21). The number of aryl methyl sites for hydroxylation is 3. The third-order valence-electron chi connectivity index (χ3n) is 3.34. The van der Waals surface area contributed by atoms with Crippen LogP contribution in [0.2, 0.25) is 0 Å². The minimum Gasteiger partial charge on any atom is -0.324 e. The highest BCUT2D eigenvalue weighted by Crippen LogP contribution is 2.25. The summed E-state index contributed by atoms with van der Waals surface area (Å²) in [6.07, 6.45) is 0. The number of hydrogen-bond donors (Lipinski definition) is 3. The zero-order chi connectivity index (χ0) is 15.6. The van der Waals surface area contributed by atoms with E-state index < -0.39 is 0 Å². The molecule has 2 rings (SSSR count). The molecule has 0 heterocycles. The summed E-state index contributed by atoms with van der Waals surface area (Å²) in [7, 11) is 0. The van der Waals surface area contributed by atoms with Crippen molar-refractivity contribution in [2.24, 2.45) is 5.84 Å². The third-order valence-corrected chi connectivity index (χ3v) is 4.59. The van der Waals surface area contributed by atoms with Gasteiger partial charge in [0.25, 0.3) is 5.91 Å². The Morgan fingerprint density at radius 3 is 2.19 bits per heavy atom. The van der Waals surface area contributed by atoms with E-state index in [1.807, 2.05) is 39.0 Å². The lowest BCUT2D eigenvalue weighted by molar-refractivity contribution is 0.102. The molecule has 0 unspecified atom stereocenters. The highest BCUT2D eigenvalue weighted by molar-refractivity contribution is 9.10. The molecule has 5 heteroatoms. The Labute approximate surface area is 132 Å². The van der Waals surface area contributed by atoms with Gasteiger partial charge in [0.15, 0.2) is 0 Å². The van der Waals surface area contributed by atoms with Crippen molar-refractivity contribution in [2.75, 3.05) is 10.7 Å². The van der Waals surface area contributed by atoms with E-state index in [2.05, 4.69) is 26.7 Å². The van der Waals surface area contributed by atoms with Crippen LogP contribution >= 0.6 is 15.9 Å². The van der Waals surface area contributed by atoms with E-state index in [0.29, 0.717) is 5.56 Å². The first-order chi connectivity index (χ1) is 9.92. The molecular weight excluding hydrogens is 330 g/mol. The predicted molar refractivity (Wildman–Crippen MR) is 90.6 cm³/mol. The second-order valence-corrected chi connectivity index (χ2v) is 5.85. The quantitative estimate of drug-likeness (QED) is 0.582. The van der Waals surface area contributed by atoms with Crippen molar-refractivity contribution in [3.05, 3.63) is 57.1 Å². The Morgan fingerprint density at radius 1 is 1.05 bits per heavy atom. The fourth-order valence-corrected chi connectivity index (χ4v) is 2.42. The maximum atomic E-state index is 12.3. The lowest BCUT2D eigenvalue weighted by atomic mass is 10.1. The summed E-state index contributed by atoms with van der Waals surface area (Å²) in [6, 6.07) is 9.23. The van der Waals surface area contributed by atoms with Crippen LogP contribution in [0.3, 0.4) is 0 Å². The highest BCUT2D eigenvalue weighted by Gasteiger charge is 2.09. The van der Waals surface area contributed by atoms with Crippen molar-refractivity contribution in [1.82, 2.24) is 0 Å². The number of rotatable bonds is 3. The van der Waals surface area contributed by atoms with E-state index in [1.54, 1.807) is 12.1 Å². The molecule has 0 bridgehead atoms. The summed E-state index contributed by atoms with van der Waals surface area (Å²) >= 11 is 3.52. The average molecular weight is 348 g/mol. The van der Waals surface area contributed by atoms with Gasteiger partial charge in [-0.2, -0.15) is 0 Å². The fraction of sp³-hybridized carbons (Fsp3) is 0.188. The maximum absolute atomic E-state index is 12.3. The molecule has 0 aromatic heterocycles. The minimum atomic E-state index is -0.136. The number of anilines is 2. The summed E-state index contributed by atoms with van der Waals surface area (Å²) in [5, 5.41) is 2.92. The van der Waals surface area contributed by atoms with Crippen molar-refractivity contribution in [3.8, 4) is 0 Å². The van der Waals surface area contributed by atoms with Crippen molar-refractivity contribution in [2.45, 2.75) is 20.8 Å². The molecule has 0 saturated heterocycles. The van der Waals surface area contributed by atoms with Gasteiger partial charge in [-0.05, 0) is 67.8 Å². The number of hydrogen-bond acceptors (Lipinski definition) is 3. The molecule has 0 aliphatic carbocycles. The lowest BCUT2D eigenvalue weighted by Crippen LogP contribution is -2.14. The third kappa shape index (κ3) is 3.43. The van der Waals surface area contributed by atoms with Gasteiger partial charge >= 0.3 is 0 Å². The molecule has 1 amide bonds. The van der Waals surface area contributed by atoms with Crippen molar-refractivity contribution in [1.29, 1.82) is 0 Å². The molecule has 2 aromatic carbocycles. The van der Waals surface area contributed by atoms with Crippen LogP contribution in [-0.2, 0) is 0 Å². The second kappa shape index (κ2) is 6.28. The van der Waals surface area contributed by atoms with Crippen LogP contribution in [0.25, 0.3) is 0 Å². The number of carbonyl (C=O) groups excluding carboxylic acids is 1. The smallest absolute Gasteiger partial charge is 0.255 e. The molecule has 0 radical (unpaired) electrons. The van der Waals surface area contributed by atoms with Crippen molar-refractivity contribution >= 4 is 33.2 Å². The van der Waals surface area contributed by atoms with Gasteiger partial charge in [-0.3, -0.25) is 10.6 Å². The first kappa shape index (κ1) is 15.5. The number of carbonyl (C=O) groups is 1. The molecule has 0 aliphatic heterocycles. The number of nitrogen functional groups attached to an aromatic ring is 1. The highest BCUT2D eigenvalue weighted by atomic mass is 79.9. The van der Waals surface area contributed by atoms with Gasteiger partial charge in [-0.25, -0.2) is 0 Å². The second-order valence-electron chi connectivity index (χ2n) is 5.05. The van der Waals surface area contributed by atoms with E-state index in [9.17, 15) is 4.79 Å². The average Bonchev–Trinajstić information content (AvgIpc) is 2.44. The first-order valence-corrected chi connectivity index (χ1v) is 7.37. The molecule has 4 nitrogen and oxygen atoms in total. The Morgan fingerprint density at radius 2 is 1.67 bits per heavy atom. The van der Waals surface area contributed by atoms with E-state index >= 15 is 0 Å². The monoisotopic (exact) mass is 347 g/mol. The molecule has 0 aliphatic rings. The van der Waals surface area contributed by atoms with Crippen LogP contribution in [0.4, 0.5) is 11.4 Å². The minimum absolute atomic E-state index is 0.136. The Hall–Kier alpha value is -1.85. The van der Waals surface area contributed by atoms with Crippen LogP contribution in [-0.4, -0.2) is 5.91 Å². The van der Waals surface area contributed by atoms with E-state index in [1.165, 1.54) is 0 Å². The largest absolute Gasteiger partial charge is 0.324 e. The van der Waals surface area contributed by atoms with E-state index in [0.717, 1.165) is 32.5 Å². The van der Waals surface area contributed by atoms with Gasteiger partial charge in [0.2, 0.25) is 0 Å². The normalized spacial score (nSPS) is 10.3. The molecular formula is C16H18BrN3O. The SMILES string of the molecule is Cc1cc(C(=O)Nc2cc(C)c(Br)c(C)c2)ccc1NN. The molecule has 21 heavy (non-hydrogen) atoms. The Balaban J connectivity index is 2.24. The zero-order valence-corrected chi connectivity index (χ0v) is 13.8. The van der Waals surface area contributed by atoms with Gasteiger partial charge in [0.05, 0.1) is 5.69 Å². The molecule has 0 saturated carbocycles. The van der Waals surface area contributed by atoms with Gasteiger partial charge in [0.1, 0.15) is 0 Å². The van der Waals surface area contributed by atoms with E-state index in [4.69, 9.17) is 5.84 Å². The van der Waals surface area contributed by atoms with Crippen LogP contribution in [0, 0.1) is 20.8 Å². The van der Waals surface area contributed by atoms with Gasteiger partial charge < -0.3 is 10.7 Å². The van der Waals surface area contributed by atoms with E-state index in [-0.39, 0.29) is 5.91 Å². The van der Waals surface area contributed by atoms with Gasteiger partial charge in [-0.1, -0.05) is 15.9 Å². The first-order valence-electron chi connectivity index (χ1n) is 6.57. The molecule has 110 valence electrons. The predicted octanol–water partition coefficient (Wildman–Crippen LogP) is 3.91. The number of benzene rings is 2. The summed E-state index contributed by atoms with van der Waals surface area (Å²) in [6.45, 7) is 5.90.